The minimum absolute atomic E-state index is 0.146. The van der Waals surface area contributed by atoms with E-state index in [9.17, 15) is 9.59 Å². The number of carbonyl (C=O) groups excluding carboxylic acids is 1. The van der Waals surface area contributed by atoms with Gasteiger partial charge >= 0.3 is 0 Å². The normalized spacial score (nSPS) is 14.1. The Bertz CT molecular complexity index is 873. The van der Waals surface area contributed by atoms with Crippen molar-refractivity contribution in [1.29, 1.82) is 0 Å². The average Bonchev–Trinajstić information content (AvgIpc) is 2.68. The van der Waals surface area contributed by atoms with Gasteiger partial charge in [0.25, 0.3) is 11.5 Å². The highest BCUT2D eigenvalue weighted by atomic mass is 16.2. The lowest BCUT2D eigenvalue weighted by atomic mass is 10.1. The average molecular weight is 372 g/mol. The van der Waals surface area contributed by atoms with Gasteiger partial charge in [0.05, 0.1) is 6.54 Å². The van der Waals surface area contributed by atoms with Crippen LogP contribution in [0, 0.1) is 0 Å². The second-order valence-corrected chi connectivity index (χ2v) is 6.66. The maximum Gasteiger partial charge on any atom is 0.272 e. The predicted octanol–water partition coefficient (Wildman–Crippen LogP) is -0.0484. The summed E-state index contributed by atoms with van der Waals surface area (Å²) in [5.74, 6) is 1.28. The van der Waals surface area contributed by atoms with Crippen LogP contribution in [-0.4, -0.2) is 57.8 Å². The lowest BCUT2D eigenvalue weighted by Gasteiger charge is -2.27. The second-order valence-electron chi connectivity index (χ2n) is 6.66. The minimum atomic E-state index is -0.392. The third-order valence-corrected chi connectivity index (χ3v) is 4.30. The van der Waals surface area contributed by atoms with Crippen LogP contribution in [0.25, 0.3) is 0 Å². The zero-order chi connectivity index (χ0) is 19.4. The van der Waals surface area contributed by atoms with Crippen molar-refractivity contribution < 1.29 is 4.79 Å². The second kappa shape index (κ2) is 8.11. The summed E-state index contributed by atoms with van der Waals surface area (Å²) < 4.78 is 1.12. The molecule has 0 atom stereocenters. The summed E-state index contributed by atoms with van der Waals surface area (Å²) in [7, 11) is 5.23. The van der Waals surface area contributed by atoms with Crippen LogP contribution in [0.4, 0.5) is 11.9 Å². The highest BCUT2D eigenvalue weighted by Crippen LogP contribution is 2.17. The van der Waals surface area contributed by atoms with Crippen LogP contribution in [0.5, 0.6) is 0 Å². The molecular formula is C17H24N8O2. The molecule has 10 nitrogen and oxygen atoms in total. The molecule has 1 amide bonds. The molecule has 0 spiro atoms. The summed E-state index contributed by atoms with van der Waals surface area (Å²) in [6.45, 7) is 1.99. The van der Waals surface area contributed by atoms with E-state index in [1.54, 1.807) is 0 Å². The van der Waals surface area contributed by atoms with Crippen LogP contribution >= 0.6 is 0 Å². The number of hydrogen-bond acceptors (Lipinski definition) is 8. The molecule has 0 radical (unpaired) electrons. The Morgan fingerprint density at radius 3 is 2.56 bits per heavy atom. The molecule has 1 aliphatic rings. The number of hydrogen-bond donors (Lipinski definition) is 1. The molecule has 1 fully saturated rings. The molecule has 1 N–H and O–H groups in total. The molecule has 1 aliphatic heterocycles. The fraction of sp³-hybridized carbons (Fsp3) is 0.529. The Balaban J connectivity index is 1.76. The van der Waals surface area contributed by atoms with Crippen molar-refractivity contribution in [3.63, 3.8) is 0 Å². The van der Waals surface area contributed by atoms with E-state index in [0.29, 0.717) is 17.7 Å². The first-order valence-electron chi connectivity index (χ1n) is 8.94. The first-order valence-corrected chi connectivity index (χ1v) is 8.94. The molecular weight excluding hydrogens is 348 g/mol. The quantitative estimate of drug-likeness (QED) is 0.778. The molecule has 0 aliphatic carbocycles. The standard InChI is InChI=1S/C17H24N8O2/c1-23(2)16-19-13(20-17(21-16)25-9-5-4-6-10-25)11-18-15(27)12-7-8-14(26)24(3)22-12/h7-8H,4-6,9-11H2,1-3H3,(H,18,27). The lowest BCUT2D eigenvalue weighted by Crippen LogP contribution is -2.33. The number of anilines is 2. The van der Waals surface area contributed by atoms with Gasteiger partial charge in [-0.05, 0) is 25.3 Å². The maximum absolute atomic E-state index is 12.3. The molecule has 0 aromatic carbocycles. The number of aryl methyl sites for hydroxylation is 1. The Kier molecular flexibility index (Phi) is 5.63. The van der Waals surface area contributed by atoms with Crippen molar-refractivity contribution in [3.05, 3.63) is 34.0 Å². The van der Waals surface area contributed by atoms with E-state index < -0.39 is 5.91 Å². The van der Waals surface area contributed by atoms with Crippen molar-refractivity contribution in [2.24, 2.45) is 7.05 Å². The molecule has 3 heterocycles. The summed E-state index contributed by atoms with van der Waals surface area (Å²) in [5, 5.41) is 6.70. The molecule has 0 bridgehead atoms. The van der Waals surface area contributed by atoms with Crippen LogP contribution in [-0.2, 0) is 13.6 Å². The monoisotopic (exact) mass is 372 g/mol. The van der Waals surface area contributed by atoms with Crippen LogP contribution in [0.2, 0.25) is 0 Å². The third-order valence-electron chi connectivity index (χ3n) is 4.30. The van der Waals surface area contributed by atoms with Crippen molar-refractivity contribution in [3.8, 4) is 0 Å². The summed E-state index contributed by atoms with van der Waals surface area (Å²) in [6.07, 6.45) is 3.46. The fourth-order valence-electron chi connectivity index (χ4n) is 2.78. The van der Waals surface area contributed by atoms with Crippen LogP contribution < -0.4 is 20.7 Å². The lowest BCUT2D eigenvalue weighted by molar-refractivity contribution is 0.0942. The SMILES string of the molecule is CN(C)c1nc(CNC(=O)c2ccc(=O)n(C)n2)nc(N2CCCCC2)n1. The number of amides is 1. The predicted molar refractivity (Wildman–Crippen MR) is 101 cm³/mol. The fourth-order valence-corrected chi connectivity index (χ4v) is 2.78. The van der Waals surface area contributed by atoms with Crippen LogP contribution in [0.15, 0.2) is 16.9 Å². The molecule has 2 aromatic rings. The highest BCUT2D eigenvalue weighted by Gasteiger charge is 2.17. The molecule has 0 unspecified atom stereocenters. The van der Waals surface area contributed by atoms with Gasteiger partial charge in [0.2, 0.25) is 11.9 Å². The van der Waals surface area contributed by atoms with E-state index in [4.69, 9.17) is 0 Å². The topological polar surface area (TPSA) is 109 Å². The summed E-state index contributed by atoms with van der Waals surface area (Å²) >= 11 is 0. The van der Waals surface area contributed by atoms with Gasteiger partial charge in [0.15, 0.2) is 5.82 Å². The Morgan fingerprint density at radius 1 is 1.15 bits per heavy atom. The first kappa shape index (κ1) is 18.7. The zero-order valence-electron chi connectivity index (χ0n) is 15.8. The van der Waals surface area contributed by atoms with Gasteiger partial charge in [0, 0.05) is 40.3 Å². The van der Waals surface area contributed by atoms with E-state index in [1.165, 1.54) is 25.6 Å². The van der Waals surface area contributed by atoms with Crippen molar-refractivity contribution in [2.45, 2.75) is 25.8 Å². The zero-order valence-corrected chi connectivity index (χ0v) is 15.8. The maximum atomic E-state index is 12.3. The number of nitrogens with zero attached hydrogens (tertiary/aromatic N) is 7. The highest BCUT2D eigenvalue weighted by molar-refractivity contribution is 5.91. The van der Waals surface area contributed by atoms with E-state index in [0.717, 1.165) is 30.6 Å². The number of rotatable bonds is 5. The number of nitrogens with one attached hydrogen (secondary N) is 1. The van der Waals surface area contributed by atoms with E-state index in [-0.39, 0.29) is 17.8 Å². The number of carbonyl (C=O) groups is 1. The Morgan fingerprint density at radius 2 is 1.89 bits per heavy atom. The van der Waals surface area contributed by atoms with Gasteiger partial charge in [-0.15, -0.1) is 0 Å². The number of piperidine rings is 1. The van der Waals surface area contributed by atoms with Gasteiger partial charge in [-0.2, -0.15) is 20.1 Å². The molecule has 3 rings (SSSR count). The van der Waals surface area contributed by atoms with Crippen LogP contribution in [0.1, 0.15) is 35.6 Å². The smallest absolute Gasteiger partial charge is 0.272 e. The molecule has 1 saturated heterocycles. The molecule has 10 heteroatoms. The minimum Gasteiger partial charge on any atom is -0.347 e. The van der Waals surface area contributed by atoms with E-state index >= 15 is 0 Å². The molecule has 27 heavy (non-hydrogen) atoms. The molecule has 144 valence electrons. The molecule has 2 aromatic heterocycles. The van der Waals surface area contributed by atoms with Gasteiger partial charge in [-0.25, -0.2) is 4.68 Å². The van der Waals surface area contributed by atoms with E-state index in [2.05, 4.69) is 30.3 Å². The van der Waals surface area contributed by atoms with Crippen molar-refractivity contribution >= 4 is 17.8 Å². The van der Waals surface area contributed by atoms with Crippen molar-refractivity contribution in [2.75, 3.05) is 37.0 Å². The van der Waals surface area contributed by atoms with Gasteiger partial charge in [-0.1, -0.05) is 0 Å². The van der Waals surface area contributed by atoms with Crippen LogP contribution in [0.3, 0.4) is 0 Å². The summed E-state index contributed by atoms with van der Waals surface area (Å²) in [5.41, 5.74) is -0.110. The van der Waals surface area contributed by atoms with E-state index in [1.807, 2.05) is 19.0 Å². The van der Waals surface area contributed by atoms with Gasteiger partial charge < -0.3 is 15.1 Å². The van der Waals surface area contributed by atoms with Gasteiger partial charge in [0.1, 0.15) is 5.69 Å². The Labute approximate surface area is 157 Å². The molecule has 0 saturated carbocycles. The Hall–Kier alpha value is -3.04. The summed E-state index contributed by atoms with van der Waals surface area (Å²) in [4.78, 5) is 41.1. The summed E-state index contributed by atoms with van der Waals surface area (Å²) in [6, 6.07) is 2.71. The van der Waals surface area contributed by atoms with Gasteiger partial charge in [-0.3, -0.25) is 9.59 Å². The third kappa shape index (κ3) is 4.57. The first-order chi connectivity index (χ1) is 12.9. The van der Waals surface area contributed by atoms with Crippen molar-refractivity contribution in [1.82, 2.24) is 30.0 Å². The largest absolute Gasteiger partial charge is 0.347 e. The number of aromatic nitrogens is 5.